The fourth-order valence-electron chi connectivity index (χ4n) is 2.30. The monoisotopic (exact) mass is 254 g/mol. The molecule has 1 aliphatic heterocycles. The Kier molecular flexibility index (Phi) is 3.75. The highest BCUT2D eigenvalue weighted by atomic mass is 16.5. The van der Waals surface area contributed by atoms with Crippen molar-refractivity contribution >= 4 is 0 Å². The maximum atomic E-state index is 5.78. The Labute approximate surface area is 113 Å². The first-order valence-electron chi connectivity index (χ1n) is 6.74. The lowest BCUT2D eigenvalue weighted by Gasteiger charge is -2.38. The van der Waals surface area contributed by atoms with Crippen LogP contribution in [0.2, 0.25) is 0 Å². The number of aromatic nitrogens is 1. The molecule has 0 atom stereocenters. The molecule has 1 aromatic heterocycles. The quantitative estimate of drug-likeness (QED) is 0.819. The maximum Gasteiger partial charge on any atom is 0.213 e. The highest BCUT2D eigenvalue weighted by molar-refractivity contribution is 5.15. The molecule has 1 saturated heterocycles. The molecule has 0 saturated carbocycles. The molecule has 98 valence electrons. The third kappa shape index (κ3) is 3.32. The molecule has 0 radical (unpaired) electrons. The van der Waals surface area contributed by atoms with Crippen molar-refractivity contribution in [1.29, 1.82) is 0 Å². The number of benzene rings is 1. The molecular formula is C16H18N2O. The van der Waals surface area contributed by atoms with Gasteiger partial charge in [-0.25, -0.2) is 4.98 Å². The molecule has 1 fully saturated rings. The average molecular weight is 254 g/mol. The molecule has 0 amide bonds. The normalized spacial score (nSPS) is 16.0. The summed E-state index contributed by atoms with van der Waals surface area (Å²) in [5, 5.41) is 0. The number of nitrogens with zero attached hydrogens (tertiary/aromatic N) is 2. The molecule has 19 heavy (non-hydrogen) atoms. The van der Waals surface area contributed by atoms with Crippen LogP contribution in [0, 0.1) is 0 Å². The van der Waals surface area contributed by atoms with Gasteiger partial charge in [-0.15, -0.1) is 0 Å². The maximum absolute atomic E-state index is 5.78. The molecule has 3 nitrogen and oxygen atoms in total. The Morgan fingerprint density at radius 2 is 1.84 bits per heavy atom. The smallest absolute Gasteiger partial charge is 0.213 e. The summed E-state index contributed by atoms with van der Waals surface area (Å²) in [5.41, 5.74) is 1.40. The highest BCUT2D eigenvalue weighted by Crippen LogP contribution is 2.15. The van der Waals surface area contributed by atoms with E-state index in [1.54, 1.807) is 6.20 Å². The predicted molar refractivity (Wildman–Crippen MR) is 75.2 cm³/mol. The zero-order chi connectivity index (χ0) is 12.9. The standard InChI is InChI=1S/C16H18N2O/c1-2-6-14(7-3-1)9-11-18-12-15(13-18)19-16-8-4-5-10-17-16/h1-8,10,15H,9,11-13H2. The lowest BCUT2D eigenvalue weighted by atomic mass is 10.1. The molecule has 0 aliphatic carbocycles. The Bertz CT molecular complexity index is 495. The summed E-state index contributed by atoms with van der Waals surface area (Å²) in [6, 6.07) is 16.4. The van der Waals surface area contributed by atoms with Crippen LogP contribution in [0.25, 0.3) is 0 Å². The molecule has 1 aromatic carbocycles. The highest BCUT2D eigenvalue weighted by Gasteiger charge is 2.28. The van der Waals surface area contributed by atoms with Crippen LogP contribution in [0.5, 0.6) is 5.88 Å². The molecule has 3 heteroatoms. The van der Waals surface area contributed by atoms with Gasteiger partial charge in [-0.3, -0.25) is 4.90 Å². The number of rotatable bonds is 5. The zero-order valence-corrected chi connectivity index (χ0v) is 10.9. The van der Waals surface area contributed by atoms with Crippen molar-refractivity contribution in [2.75, 3.05) is 19.6 Å². The summed E-state index contributed by atoms with van der Waals surface area (Å²) < 4.78 is 5.78. The lowest BCUT2D eigenvalue weighted by molar-refractivity contribution is 0.0180. The Hall–Kier alpha value is -1.87. The van der Waals surface area contributed by atoms with E-state index in [1.807, 2.05) is 18.2 Å². The molecule has 0 spiro atoms. The van der Waals surface area contributed by atoms with E-state index in [0.717, 1.165) is 31.9 Å². The summed E-state index contributed by atoms with van der Waals surface area (Å²) >= 11 is 0. The van der Waals surface area contributed by atoms with Crippen LogP contribution in [0.1, 0.15) is 5.56 Å². The second kappa shape index (κ2) is 5.85. The van der Waals surface area contributed by atoms with Crippen molar-refractivity contribution in [2.45, 2.75) is 12.5 Å². The second-order valence-electron chi connectivity index (χ2n) is 4.90. The van der Waals surface area contributed by atoms with E-state index in [2.05, 4.69) is 40.2 Å². The number of ether oxygens (including phenoxy) is 1. The molecule has 2 aromatic rings. The van der Waals surface area contributed by atoms with E-state index in [1.165, 1.54) is 5.56 Å². The van der Waals surface area contributed by atoms with Crippen molar-refractivity contribution in [2.24, 2.45) is 0 Å². The van der Waals surface area contributed by atoms with Crippen molar-refractivity contribution in [3.8, 4) is 5.88 Å². The van der Waals surface area contributed by atoms with Crippen LogP contribution in [0.4, 0.5) is 0 Å². The van der Waals surface area contributed by atoms with E-state index < -0.39 is 0 Å². The summed E-state index contributed by atoms with van der Waals surface area (Å²) in [6.07, 6.45) is 3.17. The van der Waals surface area contributed by atoms with Gasteiger partial charge in [-0.05, 0) is 18.1 Å². The number of likely N-dealkylation sites (tertiary alicyclic amines) is 1. The van der Waals surface area contributed by atoms with Gasteiger partial charge in [0.05, 0.1) is 0 Å². The van der Waals surface area contributed by atoms with Gasteiger partial charge >= 0.3 is 0 Å². The second-order valence-corrected chi connectivity index (χ2v) is 4.90. The van der Waals surface area contributed by atoms with Crippen LogP contribution in [-0.4, -0.2) is 35.6 Å². The zero-order valence-electron chi connectivity index (χ0n) is 10.9. The van der Waals surface area contributed by atoms with E-state index in [9.17, 15) is 0 Å². The van der Waals surface area contributed by atoms with Crippen LogP contribution < -0.4 is 4.74 Å². The lowest BCUT2D eigenvalue weighted by Crippen LogP contribution is -2.54. The number of pyridine rings is 1. The predicted octanol–water partition coefficient (Wildman–Crippen LogP) is 2.39. The molecule has 0 unspecified atom stereocenters. The molecule has 1 aliphatic rings. The van der Waals surface area contributed by atoms with Crippen molar-refractivity contribution < 1.29 is 4.74 Å². The van der Waals surface area contributed by atoms with Crippen LogP contribution in [0.3, 0.4) is 0 Å². The molecular weight excluding hydrogens is 236 g/mol. The van der Waals surface area contributed by atoms with Gasteiger partial charge in [0.1, 0.15) is 6.10 Å². The topological polar surface area (TPSA) is 25.4 Å². The van der Waals surface area contributed by atoms with E-state index >= 15 is 0 Å². The van der Waals surface area contributed by atoms with Gasteiger partial charge in [-0.2, -0.15) is 0 Å². The summed E-state index contributed by atoms with van der Waals surface area (Å²) in [6.45, 7) is 3.11. The van der Waals surface area contributed by atoms with Crippen LogP contribution in [0.15, 0.2) is 54.7 Å². The Balaban J connectivity index is 1.39. The van der Waals surface area contributed by atoms with E-state index in [4.69, 9.17) is 4.74 Å². The minimum atomic E-state index is 0.297. The third-order valence-electron chi connectivity index (χ3n) is 3.41. The molecule has 0 N–H and O–H groups in total. The van der Waals surface area contributed by atoms with Gasteiger partial charge in [-0.1, -0.05) is 36.4 Å². The Morgan fingerprint density at radius 1 is 1.05 bits per heavy atom. The summed E-state index contributed by atoms with van der Waals surface area (Å²) in [5.74, 6) is 0.732. The summed E-state index contributed by atoms with van der Waals surface area (Å²) in [4.78, 5) is 6.60. The first-order chi connectivity index (χ1) is 9.40. The van der Waals surface area contributed by atoms with Crippen molar-refractivity contribution in [1.82, 2.24) is 9.88 Å². The van der Waals surface area contributed by atoms with E-state index in [0.29, 0.717) is 6.10 Å². The van der Waals surface area contributed by atoms with Gasteiger partial charge < -0.3 is 4.74 Å². The molecule has 0 bridgehead atoms. The van der Waals surface area contributed by atoms with Crippen LogP contribution >= 0.6 is 0 Å². The van der Waals surface area contributed by atoms with E-state index in [-0.39, 0.29) is 0 Å². The first kappa shape index (κ1) is 12.2. The fraction of sp³-hybridized carbons (Fsp3) is 0.312. The average Bonchev–Trinajstić information content (AvgIpc) is 2.43. The fourth-order valence-corrected chi connectivity index (χ4v) is 2.30. The Morgan fingerprint density at radius 3 is 2.58 bits per heavy atom. The van der Waals surface area contributed by atoms with Crippen molar-refractivity contribution in [3.63, 3.8) is 0 Å². The SMILES string of the molecule is c1ccc(CCN2CC(Oc3ccccn3)C2)cc1. The van der Waals surface area contributed by atoms with Gasteiger partial charge in [0.2, 0.25) is 5.88 Å². The number of hydrogen-bond donors (Lipinski definition) is 0. The van der Waals surface area contributed by atoms with Gasteiger partial charge in [0.15, 0.2) is 0 Å². The minimum absolute atomic E-state index is 0.297. The van der Waals surface area contributed by atoms with Crippen LogP contribution in [-0.2, 0) is 6.42 Å². The van der Waals surface area contributed by atoms with Gasteiger partial charge in [0, 0.05) is 31.9 Å². The summed E-state index contributed by atoms with van der Waals surface area (Å²) in [7, 11) is 0. The molecule has 3 rings (SSSR count). The first-order valence-corrected chi connectivity index (χ1v) is 6.74. The largest absolute Gasteiger partial charge is 0.472 e. The third-order valence-corrected chi connectivity index (χ3v) is 3.41. The minimum Gasteiger partial charge on any atom is -0.472 e. The van der Waals surface area contributed by atoms with Crippen molar-refractivity contribution in [3.05, 3.63) is 60.3 Å². The van der Waals surface area contributed by atoms with Gasteiger partial charge in [0.25, 0.3) is 0 Å². The number of hydrogen-bond acceptors (Lipinski definition) is 3. The molecule has 2 heterocycles.